The molecule has 0 unspecified atom stereocenters. The standard InChI is InChI=1S/C20H25N3O3S/c1-14-5-10-19(12-15(14)2)27(25,26)23-17-8-6-16(7-9-17)20(24)22-18-4-3-11-21-13-18/h5-10,12,18,21,23H,3-4,11,13H2,1-2H3,(H,22,24)/t18-/m0/s1. The lowest BCUT2D eigenvalue weighted by atomic mass is 10.1. The molecule has 1 atom stereocenters. The van der Waals surface area contributed by atoms with E-state index < -0.39 is 10.0 Å². The first kappa shape index (κ1) is 19.4. The number of hydrogen-bond acceptors (Lipinski definition) is 4. The summed E-state index contributed by atoms with van der Waals surface area (Å²) in [4.78, 5) is 12.5. The van der Waals surface area contributed by atoms with Crippen LogP contribution in [0.25, 0.3) is 0 Å². The quantitative estimate of drug-likeness (QED) is 0.736. The Morgan fingerprint density at radius 3 is 2.44 bits per heavy atom. The van der Waals surface area contributed by atoms with Gasteiger partial charge >= 0.3 is 0 Å². The molecular weight excluding hydrogens is 362 g/mol. The Kier molecular flexibility index (Phi) is 5.82. The summed E-state index contributed by atoms with van der Waals surface area (Å²) in [5.74, 6) is -0.146. The van der Waals surface area contributed by atoms with E-state index in [0.717, 1.165) is 37.1 Å². The van der Waals surface area contributed by atoms with E-state index in [1.807, 2.05) is 13.8 Å². The molecule has 3 rings (SSSR count). The molecule has 0 radical (unpaired) electrons. The van der Waals surface area contributed by atoms with E-state index in [4.69, 9.17) is 0 Å². The molecule has 1 aliphatic rings. The highest BCUT2D eigenvalue weighted by Crippen LogP contribution is 2.19. The summed E-state index contributed by atoms with van der Waals surface area (Å²) < 4.78 is 27.7. The summed E-state index contributed by atoms with van der Waals surface area (Å²) in [6, 6.07) is 11.6. The van der Waals surface area contributed by atoms with Gasteiger partial charge in [-0.25, -0.2) is 8.42 Å². The average Bonchev–Trinajstić information content (AvgIpc) is 2.65. The molecule has 27 heavy (non-hydrogen) atoms. The van der Waals surface area contributed by atoms with Crippen molar-refractivity contribution < 1.29 is 13.2 Å². The van der Waals surface area contributed by atoms with Crippen LogP contribution in [0.15, 0.2) is 47.4 Å². The van der Waals surface area contributed by atoms with Gasteiger partial charge in [-0.05, 0) is 80.8 Å². The van der Waals surface area contributed by atoms with Crippen molar-refractivity contribution >= 4 is 21.6 Å². The fourth-order valence-corrected chi connectivity index (χ4v) is 4.17. The molecule has 0 aromatic heterocycles. The maximum atomic E-state index is 12.5. The van der Waals surface area contributed by atoms with Gasteiger partial charge in [0.05, 0.1) is 4.90 Å². The molecule has 0 bridgehead atoms. The number of rotatable bonds is 5. The molecule has 144 valence electrons. The van der Waals surface area contributed by atoms with Crippen molar-refractivity contribution in [3.05, 3.63) is 59.2 Å². The van der Waals surface area contributed by atoms with Crippen LogP contribution in [-0.4, -0.2) is 33.5 Å². The highest BCUT2D eigenvalue weighted by atomic mass is 32.2. The minimum atomic E-state index is -3.67. The lowest BCUT2D eigenvalue weighted by molar-refractivity contribution is 0.0930. The van der Waals surface area contributed by atoms with E-state index in [1.54, 1.807) is 42.5 Å². The fraction of sp³-hybridized carbons (Fsp3) is 0.350. The Morgan fingerprint density at radius 1 is 1.07 bits per heavy atom. The number of carbonyl (C=O) groups excluding carboxylic acids is 1. The van der Waals surface area contributed by atoms with Gasteiger partial charge in [0.2, 0.25) is 0 Å². The zero-order chi connectivity index (χ0) is 19.4. The highest BCUT2D eigenvalue weighted by molar-refractivity contribution is 7.92. The van der Waals surface area contributed by atoms with Crippen molar-refractivity contribution in [1.29, 1.82) is 0 Å². The van der Waals surface area contributed by atoms with Crippen molar-refractivity contribution in [3.63, 3.8) is 0 Å². The molecule has 1 saturated heterocycles. The van der Waals surface area contributed by atoms with Crippen LogP contribution < -0.4 is 15.4 Å². The predicted molar refractivity (Wildman–Crippen MR) is 107 cm³/mol. The topological polar surface area (TPSA) is 87.3 Å². The maximum Gasteiger partial charge on any atom is 0.261 e. The lowest BCUT2D eigenvalue weighted by Crippen LogP contribution is -2.45. The summed E-state index contributed by atoms with van der Waals surface area (Å²) in [6.45, 7) is 5.58. The van der Waals surface area contributed by atoms with E-state index in [2.05, 4.69) is 15.4 Å². The molecule has 2 aromatic carbocycles. The summed E-state index contributed by atoms with van der Waals surface area (Å²) in [6.07, 6.45) is 2.01. The SMILES string of the molecule is Cc1ccc(S(=O)(=O)Nc2ccc(C(=O)N[C@H]3CCCNC3)cc2)cc1C. The van der Waals surface area contributed by atoms with Crippen LogP contribution in [0, 0.1) is 13.8 Å². The maximum absolute atomic E-state index is 12.5. The van der Waals surface area contributed by atoms with E-state index >= 15 is 0 Å². The van der Waals surface area contributed by atoms with Crippen LogP contribution in [0.3, 0.4) is 0 Å². The van der Waals surface area contributed by atoms with E-state index in [1.165, 1.54) is 0 Å². The van der Waals surface area contributed by atoms with Crippen LogP contribution >= 0.6 is 0 Å². The molecule has 1 fully saturated rings. The Morgan fingerprint density at radius 2 is 1.81 bits per heavy atom. The van der Waals surface area contributed by atoms with Crippen molar-refractivity contribution in [2.45, 2.75) is 37.6 Å². The molecule has 1 amide bonds. The fourth-order valence-electron chi connectivity index (χ4n) is 3.03. The first-order valence-corrected chi connectivity index (χ1v) is 10.6. The molecule has 6 nitrogen and oxygen atoms in total. The van der Waals surface area contributed by atoms with Gasteiger partial charge in [0.15, 0.2) is 0 Å². The Labute approximate surface area is 160 Å². The molecule has 0 spiro atoms. The zero-order valence-electron chi connectivity index (χ0n) is 15.6. The number of aryl methyl sites for hydroxylation is 2. The van der Waals surface area contributed by atoms with E-state index in [-0.39, 0.29) is 16.8 Å². The number of piperidine rings is 1. The third-order valence-corrected chi connectivity index (χ3v) is 6.20. The summed E-state index contributed by atoms with van der Waals surface area (Å²) >= 11 is 0. The predicted octanol–water partition coefficient (Wildman–Crippen LogP) is 2.59. The third kappa shape index (κ3) is 4.87. The largest absolute Gasteiger partial charge is 0.348 e. The molecule has 3 N–H and O–H groups in total. The lowest BCUT2D eigenvalue weighted by Gasteiger charge is -2.23. The van der Waals surface area contributed by atoms with Crippen molar-refractivity contribution in [1.82, 2.24) is 10.6 Å². The first-order valence-electron chi connectivity index (χ1n) is 9.07. The number of amides is 1. The Hall–Kier alpha value is -2.38. The van der Waals surface area contributed by atoms with Crippen LogP contribution in [0.5, 0.6) is 0 Å². The molecule has 1 aliphatic heterocycles. The zero-order valence-corrected chi connectivity index (χ0v) is 16.4. The molecule has 7 heteroatoms. The van der Waals surface area contributed by atoms with Crippen molar-refractivity contribution in [3.8, 4) is 0 Å². The second-order valence-electron chi connectivity index (χ2n) is 6.95. The summed E-state index contributed by atoms with van der Waals surface area (Å²) in [5.41, 5.74) is 2.89. The van der Waals surface area contributed by atoms with Gasteiger partial charge in [-0.15, -0.1) is 0 Å². The first-order chi connectivity index (χ1) is 12.8. The van der Waals surface area contributed by atoms with Gasteiger partial charge in [-0.1, -0.05) is 6.07 Å². The highest BCUT2D eigenvalue weighted by Gasteiger charge is 2.17. The van der Waals surface area contributed by atoms with Crippen LogP contribution in [0.2, 0.25) is 0 Å². The van der Waals surface area contributed by atoms with Crippen molar-refractivity contribution in [2.75, 3.05) is 17.8 Å². The van der Waals surface area contributed by atoms with Crippen LogP contribution in [0.1, 0.15) is 34.3 Å². The van der Waals surface area contributed by atoms with Gasteiger partial charge in [0.25, 0.3) is 15.9 Å². The molecule has 0 saturated carbocycles. The van der Waals surface area contributed by atoms with E-state index in [9.17, 15) is 13.2 Å². The van der Waals surface area contributed by atoms with Gasteiger partial charge < -0.3 is 10.6 Å². The number of sulfonamides is 1. The smallest absolute Gasteiger partial charge is 0.261 e. The molecular formula is C20H25N3O3S. The Bertz CT molecular complexity index is 918. The van der Waals surface area contributed by atoms with Crippen LogP contribution in [-0.2, 0) is 10.0 Å². The number of hydrogen-bond donors (Lipinski definition) is 3. The number of anilines is 1. The number of nitrogens with one attached hydrogen (secondary N) is 3. The summed E-state index contributed by atoms with van der Waals surface area (Å²) in [5, 5.41) is 6.26. The number of carbonyl (C=O) groups is 1. The summed E-state index contributed by atoms with van der Waals surface area (Å²) in [7, 11) is -3.67. The third-order valence-electron chi connectivity index (χ3n) is 4.82. The van der Waals surface area contributed by atoms with Gasteiger partial charge in [-0.2, -0.15) is 0 Å². The number of benzene rings is 2. The average molecular weight is 388 g/mol. The normalized spacial score (nSPS) is 17.3. The monoisotopic (exact) mass is 387 g/mol. The molecule has 0 aliphatic carbocycles. The van der Waals surface area contributed by atoms with Crippen molar-refractivity contribution in [2.24, 2.45) is 0 Å². The minimum Gasteiger partial charge on any atom is -0.348 e. The Balaban J connectivity index is 1.67. The van der Waals surface area contributed by atoms with E-state index in [0.29, 0.717) is 11.3 Å². The molecule has 2 aromatic rings. The van der Waals surface area contributed by atoms with Crippen LogP contribution in [0.4, 0.5) is 5.69 Å². The van der Waals surface area contributed by atoms with Gasteiger partial charge in [0, 0.05) is 23.8 Å². The minimum absolute atomic E-state index is 0.134. The second-order valence-corrected chi connectivity index (χ2v) is 8.63. The van der Waals surface area contributed by atoms with Gasteiger partial charge in [-0.3, -0.25) is 9.52 Å². The second kappa shape index (κ2) is 8.10. The molecule has 1 heterocycles. The van der Waals surface area contributed by atoms with Gasteiger partial charge in [0.1, 0.15) is 0 Å².